The van der Waals surface area contributed by atoms with Crippen LogP contribution in [-0.2, 0) is 0 Å². The predicted octanol–water partition coefficient (Wildman–Crippen LogP) is 4.40. The lowest BCUT2D eigenvalue weighted by molar-refractivity contribution is 0.0706. The van der Waals surface area contributed by atoms with Crippen LogP contribution in [0.15, 0.2) is 54.6 Å². The van der Waals surface area contributed by atoms with Crippen molar-refractivity contribution in [3.63, 3.8) is 0 Å². The lowest BCUT2D eigenvalue weighted by Crippen LogP contribution is -2.18. The predicted molar refractivity (Wildman–Crippen MR) is 94.9 cm³/mol. The molecule has 1 aromatic heterocycles. The number of hydroxylamine groups is 1. The molecule has 1 heterocycles. The van der Waals surface area contributed by atoms with Crippen LogP contribution >= 0.6 is 11.3 Å². The standard InChI is InChI=1S/C19H17NO3S/c1-12(13-6-8-14(9-7-13)19(22)20-23)10-16(21)18-11-15-4-2-3-5-17(15)24-18/h2-9,11-12,23H,10H2,1H3,(H,20,22)/t12-/m0/s1. The van der Waals surface area contributed by atoms with Crippen molar-refractivity contribution in [2.24, 2.45) is 0 Å². The molecule has 2 aromatic carbocycles. The molecule has 1 atom stereocenters. The number of nitrogens with one attached hydrogen (secondary N) is 1. The molecular weight excluding hydrogens is 322 g/mol. The second-order valence-electron chi connectivity index (χ2n) is 5.74. The highest BCUT2D eigenvalue weighted by Crippen LogP contribution is 2.29. The van der Waals surface area contributed by atoms with Crippen molar-refractivity contribution in [3.8, 4) is 0 Å². The van der Waals surface area contributed by atoms with Crippen LogP contribution in [0.25, 0.3) is 10.1 Å². The van der Waals surface area contributed by atoms with Crippen molar-refractivity contribution in [1.82, 2.24) is 5.48 Å². The fourth-order valence-electron chi connectivity index (χ4n) is 2.64. The fourth-order valence-corrected chi connectivity index (χ4v) is 3.65. The Morgan fingerprint density at radius 3 is 2.50 bits per heavy atom. The van der Waals surface area contributed by atoms with Crippen molar-refractivity contribution in [3.05, 3.63) is 70.6 Å². The lowest BCUT2D eigenvalue weighted by Gasteiger charge is -2.11. The number of benzene rings is 2. The first kappa shape index (κ1) is 16.4. The minimum atomic E-state index is -0.546. The Balaban J connectivity index is 1.72. The number of rotatable bonds is 5. The van der Waals surface area contributed by atoms with Crippen LogP contribution in [0.5, 0.6) is 0 Å². The molecule has 24 heavy (non-hydrogen) atoms. The summed E-state index contributed by atoms with van der Waals surface area (Å²) in [6.07, 6.45) is 0.415. The molecule has 0 saturated carbocycles. The highest BCUT2D eigenvalue weighted by atomic mass is 32.1. The molecule has 0 aliphatic heterocycles. The summed E-state index contributed by atoms with van der Waals surface area (Å²) in [5.74, 6) is -0.370. The average molecular weight is 339 g/mol. The fraction of sp³-hybridized carbons (Fsp3) is 0.158. The van der Waals surface area contributed by atoms with Crippen LogP contribution in [0.1, 0.15) is 44.9 Å². The Bertz CT molecular complexity index is 850. The lowest BCUT2D eigenvalue weighted by atomic mass is 9.94. The molecule has 1 amide bonds. The van der Waals surface area contributed by atoms with Crippen molar-refractivity contribution < 1.29 is 14.8 Å². The number of carbonyl (C=O) groups excluding carboxylic acids is 2. The molecule has 122 valence electrons. The third kappa shape index (κ3) is 3.37. The van der Waals surface area contributed by atoms with E-state index in [0.29, 0.717) is 12.0 Å². The van der Waals surface area contributed by atoms with Crippen LogP contribution in [0.2, 0.25) is 0 Å². The maximum Gasteiger partial charge on any atom is 0.274 e. The quantitative estimate of drug-likeness (QED) is 0.411. The number of hydrogen-bond acceptors (Lipinski definition) is 4. The van der Waals surface area contributed by atoms with Gasteiger partial charge in [-0.1, -0.05) is 37.3 Å². The first-order chi connectivity index (χ1) is 11.6. The number of amides is 1. The molecule has 0 aliphatic rings. The highest BCUT2D eigenvalue weighted by Gasteiger charge is 2.16. The van der Waals surface area contributed by atoms with Crippen LogP contribution in [-0.4, -0.2) is 16.9 Å². The van der Waals surface area contributed by atoms with Crippen LogP contribution in [0, 0.1) is 0 Å². The van der Waals surface area contributed by atoms with Gasteiger partial charge in [-0.3, -0.25) is 14.8 Å². The van der Waals surface area contributed by atoms with Crippen LogP contribution in [0.3, 0.4) is 0 Å². The van der Waals surface area contributed by atoms with Gasteiger partial charge in [-0.25, -0.2) is 5.48 Å². The second kappa shape index (κ2) is 6.95. The summed E-state index contributed by atoms with van der Waals surface area (Å²) < 4.78 is 1.12. The zero-order valence-electron chi connectivity index (χ0n) is 13.2. The van der Waals surface area contributed by atoms with Crippen LogP contribution < -0.4 is 5.48 Å². The van der Waals surface area contributed by atoms with Gasteiger partial charge in [-0.05, 0) is 41.1 Å². The summed E-state index contributed by atoms with van der Waals surface area (Å²) in [5, 5.41) is 9.72. The minimum Gasteiger partial charge on any atom is -0.293 e. The summed E-state index contributed by atoms with van der Waals surface area (Å²) in [7, 11) is 0. The zero-order valence-corrected chi connectivity index (χ0v) is 14.0. The van der Waals surface area contributed by atoms with E-state index in [1.54, 1.807) is 17.6 Å². The first-order valence-corrected chi connectivity index (χ1v) is 8.46. The Hall–Kier alpha value is -2.50. The largest absolute Gasteiger partial charge is 0.293 e. The van der Waals surface area contributed by atoms with Gasteiger partial charge in [0.2, 0.25) is 0 Å². The first-order valence-electron chi connectivity index (χ1n) is 7.64. The van der Waals surface area contributed by atoms with E-state index in [4.69, 9.17) is 5.21 Å². The van der Waals surface area contributed by atoms with Gasteiger partial charge >= 0.3 is 0 Å². The summed E-state index contributed by atoms with van der Waals surface area (Å²) in [6, 6.07) is 16.8. The molecule has 4 nitrogen and oxygen atoms in total. The number of Topliss-reactive ketones (excluding diaryl/α,β-unsaturated/α-hetero) is 1. The molecule has 3 rings (SSSR count). The van der Waals surface area contributed by atoms with Gasteiger partial charge in [0.05, 0.1) is 4.88 Å². The van der Waals surface area contributed by atoms with Gasteiger partial charge in [0.25, 0.3) is 5.91 Å². The number of thiophene rings is 1. The van der Waals surface area contributed by atoms with Gasteiger partial charge in [0.1, 0.15) is 0 Å². The smallest absolute Gasteiger partial charge is 0.274 e. The molecule has 0 saturated heterocycles. The van der Waals surface area contributed by atoms with Gasteiger partial charge in [0, 0.05) is 16.7 Å². The molecule has 2 N–H and O–H groups in total. The topological polar surface area (TPSA) is 66.4 Å². The molecule has 3 aromatic rings. The van der Waals surface area contributed by atoms with Gasteiger partial charge in [-0.15, -0.1) is 11.3 Å². The van der Waals surface area contributed by atoms with E-state index in [0.717, 1.165) is 20.5 Å². The highest BCUT2D eigenvalue weighted by molar-refractivity contribution is 7.20. The molecule has 0 bridgehead atoms. The van der Waals surface area contributed by atoms with E-state index in [-0.39, 0.29) is 11.7 Å². The Morgan fingerprint density at radius 1 is 1.12 bits per heavy atom. The van der Waals surface area contributed by atoms with Crippen molar-refractivity contribution in [2.75, 3.05) is 0 Å². The van der Waals surface area contributed by atoms with E-state index < -0.39 is 5.91 Å². The Labute approximate surface area is 143 Å². The molecule has 5 heteroatoms. The summed E-state index contributed by atoms with van der Waals surface area (Å²) in [5.41, 5.74) is 2.97. The van der Waals surface area contributed by atoms with Crippen molar-refractivity contribution in [1.29, 1.82) is 0 Å². The van der Waals surface area contributed by atoms with E-state index in [1.807, 2.05) is 49.4 Å². The summed E-state index contributed by atoms with van der Waals surface area (Å²) in [6.45, 7) is 1.99. The molecular formula is C19H17NO3S. The third-order valence-electron chi connectivity index (χ3n) is 4.04. The number of fused-ring (bicyclic) bond motifs is 1. The number of hydrogen-bond donors (Lipinski definition) is 2. The number of carbonyl (C=O) groups is 2. The molecule has 0 aliphatic carbocycles. The van der Waals surface area contributed by atoms with Gasteiger partial charge in [0.15, 0.2) is 5.78 Å². The summed E-state index contributed by atoms with van der Waals surface area (Å²) in [4.78, 5) is 24.6. The monoisotopic (exact) mass is 339 g/mol. The van der Waals surface area contributed by atoms with Crippen LogP contribution in [0.4, 0.5) is 0 Å². The maximum atomic E-state index is 12.5. The summed E-state index contributed by atoms with van der Waals surface area (Å²) >= 11 is 1.52. The van der Waals surface area contributed by atoms with Gasteiger partial charge in [-0.2, -0.15) is 0 Å². The molecule has 0 unspecified atom stereocenters. The molecule has 0 spiro atoms. The zero-order chi connectivity index (χ0) is 17.1. The maximum absolute atomic E-state index is 12.5. The Kier molecular flexibility index (Phi) is 4.74. The van der Waals surface area contributed by atoms with E-state index in [2.05, 4.69) is 0 Å². The van der Waals surface area contributed by atoms with E-state index in [1.165, 1.54) is 11.3 Å². The molecule has 0 fully saturated rings. The van der Waals surface area contributed by atoms with Gasteiger partial charge < -0.3 is 0 Å². The number of ketones is 1. The van der Waals surface area contributed by atoms with Crippen molar-refractivity contribution >= 4 is 33.1 Å². The molecule has 0 radical (unpaired) electrons. The van der Waals surface area contributed by atoms with Crippen molar-refractivity contribution in [2.45, 2.75) is 19.3 Å². The van der Waals surface area contributed by atoms with E-state index >= 15 is 0 Å². The third-order valence-corrected chi connectivity index (χ3v) is 5.19. The van der Waals surface area contributed by atoms with E-state index in [9.17, 15) is 9.59 Å². The normalized spacial score (nSPS) is 12.1. The average Bonchev–Trinajstić information content (AvgIpc) is 3.05. The minimum absolute atomic E-state index is 0.0500. The SMILES string of the molecule is C[C@@H](CC(=O)c1cc2ccccc2s1)c1ccc(C(=O)NO)cc1. The Morgan fingerprint density at radius 2 is 1.83 bits per heavy atom. The second-order valence-corrected chi connectivity index (χ2v) is 6.82.